The van der Waals surface area contributed by atoms with Gasteiger partial charge < -0.3 is 19.0 Å². The molecule has 0 bridgehead atoms. The van der Waals surface area contributed by atoms with Gasteiger partial charge in [-0.15, -0.1) is 13.2 Å². The number of ether oxygens (including phenoxy) is 1. The van der Waals surface area contributed by atoms with Crippen molar-refractivity contribution in [2.75, 3.05) is 0 Å². The second-order valence-electron chi connectivity index (χ2n) is 10.4. The molecule has 0 aliphatic heterocycles. The van der Waals surface area contributed by atoms with Gasteiger partial charge in [-0.3, -0.25) is 5.41 Å². The zero-order chi connectivity index (χ0) is 28.6. The molecule has 5 aromatic rings. The predicted octanol–water partition coefficient (Wildman–Crippen LogP) is 7.07. The zero-order valence-electron chi connectivity index (χ0n) is 22.2. The van der Waals surface area contributed by atoms with Crippen molar-refractivity contribution in [1.29, 1.82) is 5.41 Å². The van der Waals surface area contributed by atoms with Crippen molar-refractivity contribution in [2.24, 2.45) is 0 Å². The van der Waals surface area contributed by atoms with Crippen LogP contribution in [0.4, 0.5) is 13.2 Å². The van der Waals surface area contributed by atoms with Crippen LogP contribution in [0.25, 0.3) is 33.4 Å². The van der Waals surface area contributed by atoms with Crippen molar-refractivity contribution < 1.29 is 23.0 Å². The lowest BCUT2D eigenvalue weighted by Crippen LogP contribution is -2.29. The highest BCUT2D eigenvalue weighted by Crippen LogP contribution is 2.40. The number of aliphatic hydroxyl groups is 1. The highest BCUT2D eigenvalue weighted by molar-refractivity contribution is 6.02. The Hall–Kier alpha value is -4.37. The molecular weight excluding hydrogens is 529 g/mol. The van der Waals surface area contributed by atoms with Gasteiger partial charge in [0.05, 0.1) is 23.5 Å². The molecule has 1 aliphatic rings. The van der Waals surface area contributed by atoms with Crippen LogP contribution in [0.1, 0.15) is 37.3 Å². The number of hydrogen-bond donors (Lipinski definition) is 2. The van der Waals surface area contributed by atoms with Crippen LogP contribution < -0.4 is 10.2 Å². The monoisotopic (exact) mass is 558 g/mol. The molecule has 2 aromatic heterocycles. The maximum atomic E-state index is 12.7. The highest BCUT2D eigenvalue weighted by atomic mass is 19.4. The van der Waals surface area contributed by atoms with Gasteiger partial charge in [-0.25, -0.2) is 4.98 Å². The number of benzene rings is 3. The van der Waals surface area contributed by atoms with Gasteiger partial charge in [-0.1, -0.05) is 72.8 Å². The number of rotatable bonds is 6. The molecular formula is C32H29F3N4O2. The molecule has 0 spiro atoms. The summed E-state index contributed by atoms with van der Waals surface area (Å²) in [5.41, 5.74) is 5.37. The van der Waals surface area contributed by atoms with Crippen LogP contribution in [0.15, 0.2) is 91.3 Å². The van der Waals surface area contributed by atoms with Crippen LogP contribution in [0.2, 0.25) is 0 Å². The first kappa shape index (κ1) is 26.8. The van der Waals surface area contributed by atoms with Gasteiger partial charge in [-0.05, 0) is 54.5 Å². The minimum absolute atomic E-state index is 0.0659. The van der Waals surface area contributed by atoms with Crippen LogP contribution in [0, 0.1) is 5.41 Å². The third-order valence-corrected chi connectivity index (χ3v) is 7.70. The fourth-order valence-corrected chi connectivity index (χ4v) is 5.80. The maximum absolute atomic E-state index is 12.7. The van der Waals surface area contributed by atoms with Gasteiger partial charge in [0.2, 0.25) is 0 Å². The minimum Gasteiger partial charge on any atom is -0.406 e. The smallest absolute Gasteiger partial charge is 0.406 e. The maximum Gasteiger partial charge on any atom is 0.573 e. The Labute approximate surface area is 234 Å². The molecule has 1 aliphatic carbocycles. The van der Waals surface area contributed by atoms with Gasteiger partial charge in [0.15, 0.2) is 0 Å². The molecule has 41 heavy (non-hydrogen) atoms. The molecule has 1 saturated carbocycles. The van der Waals surface area contributed by atoms with E-state index in [1.165, 1.54) is 12.1 Å². The van der Waals surface area contributed by atoms with E-state index in [9.17, 15) is 23.7 Å². The van der Waals surface area contributed by atoms with E-state index in [4.69, 9.17) is 4.98 Å². The molecule has 0 radical (unpaired) electrons. The summed E-state index contributed by atoms with van der Waals surface area (Å²) in [6, 6.07) is 25.7. The van der Waals surface area contributed by atoms with Gasteiger partial charge in [0.25, 0.3) is 0 Å². The molecule has 2 heterocycles. The summed E-state index contributed by atoms with van der Waals surface area (Å²) < 4.78 is 46.2. The summed E-state index contributed by atoms with van der Waals surface area (Å²) >= 11 is 0. The Morgan fingerprint density at radius 2 is 1.46 bits per heavy atom. The van der Waals surface area contributed by atoms with Crippen molar-refractivity contribution in [3.05, 3.63) is 102 Å². The van der Waals surface area contributed by atoms with Crippen LogP contribution >= 0.6 is 0 Å². The number of nitrogens with one attached hydrogen (secondary N) is 1. The van der Waals surface area contributed by atoms with Crippen molar-refractivity contribution >= 4 is 11.0 Å². The molecule has 0 amide bonds. The van der Waals surface area contributed by atoms with E-state index < -0.39 is 6.36 Å². The Morgan fingerprint density at radius 1 is 0.854 bits per heavy atom. The second-order valence-corrected chi connectivity index (χ2v) is 10.4. The van der Waals surface area contributed by atoms with E-state index >= 15 is 0 Å². The Kier molecular flexibility index (Phi) is 7.13. The quantitative estimate of drug-likeness (QED) is 0.234. The van der Waals surface area contributed by atoms with E-state index in [-0.39, 0.29) is 17.9 Å². The molecule has 6 rings (SSSR count). The van der Waals surface area contributed by atoms with E-state index in [1.807, 2.05) is 69.8 Å². The summed E-state index contributed by atoms with van der Waals surface area (Å²) in [5, 5.41) is 20.2. The number of aliphatic hydroxyl groups excluding tert-OH is 1. The lowest BCUT2D eigenvalue weighted by Gasteiger charge is -2.27. The molecule has 0 saturated heterocycles. The first-order valence-electron chi connectivity index (χ1n) is 13.6. The summed E-state index contributed by atoms with van der Waals surface area (Å²) in [6.45, 7) is 0.325. The average Bonchev–Trinajstić information content (AvgIpc) is 3.30. The minimum atomic E-state index is -4.76. The number of alkyl halides is 3. The van der Waals surface area contributed by atoms with Gasteiger partial charge in [0.1, 0.15) is 16.9 Å². The number of nitrogens with zero attached hydrogens (tertiary/aromatic N) is 3. The normalized spacial score (nSPS) is 17.6. The van der Waals surface area contributed by atoms with E-state index in [0.717, 1.165) is 40.8 Å². The fraction of sp³-hybridized carbons (Fsp3) is 0.250. The number of aromatic nitrogens is 3. The SMILES string of the molecule is N=c1c2c(-c3ccccc3)c(-c3ccccc3)n(Cc3ccc(OC(F)(F)F)cc3)c2ncn1C1CCC(O)CC1. The number of fused-ring (bicyclic) bond motifs is 1. The van der Waals surface area contributed by atoms with Crippen molar-refractivity contribution in [3.8, 4) is 28.1 Å². The van der Waals surface area contributed by atoms with Gasteiger partial charge in [0, 0.05) is 18.2 Å². The van der Waals surface area contributed by atoms with E-state index in [0.29, 0.717) is 35.9 Å². The lowest BCUT2D eigenvalue weighted by atomic mass is 9.93. The van der Waals surface area contributed by atoms with Crippen molar-refractivity contribution in [3.63, 3.8) is 0 Å². The zero-order valence-corrected chi connectivity index (χ0v) is 22.2. The highest BCUT2D eigenvalue weighted by Gasteiger charge is 2.31. The predicted molar refractivity (Wildman–Crippen MR) is 150 cm³/mol. The molecule has 0 unspecified atom stereocenters. The molecule has 1 fully saturated rings. The summed E-state index contributed by atoms with van der Waals surface area (Å²) in [6.07, 6.45) is -0.447. The second kappa shape index (κ2) is 10.9. The Balaban J connectivity index is 1.56. The molecule has 6 nitrogen and oxygen atoms in total. The molecule has 2 N–H and O–H groups in total. The Bertz CT molecular complexity index is 1700. The van der Waals surface area contributed by atoms with Gasteiger partial charge in [-0.2, -0.15) is 0 Å². The molecule has 9 heteroatoms. The van der Waals surface area contributed by atoms with E-state index in [1.54, 1.807) is 18.5 Å². The molecule has 210 valence electrons. The van der Waals surface area contributed by atoms with Crippen LogP contribution in [-0.4, -0.2) is 31.7 Å². The number of hydrogen-bond acceptors (Lipinski definition) is 4. The summed E-state index contributed by atoms with van der Waals surface area (Å²) in [4.78, 5) is 4.90. The van der Waals surface area contributed by atoms with E-state index in [2.05, 4.69) is 4.74 Å². The van der Waals surface area contributed by atoms with Crippen molar-refractivity contribution in [2.45, 2.75) is 50.7 Å². The first-order valence-corrected chi connectivity index (χ1v) is 13.6. The van der Waals surface area contributed by atoms with Crippen molar-refractivity contribution in [1.82, 2.24) is 14.1 Å². The summed E-state index contributed by atoms with van der Waals surface area (Å²) in [7, 11) is 0. The standard InChI is InChI=1S/C32H29F3N4O2/c33-32(34,35)41-26-17-11-21(12-18-26)19-38-29(23-9-5-2-6-10-23)27(22-7-3-1-4-8-22)28-30(36)39(20-37-31(28)38)24-13-15-25(40)16-14-24/h1-12,17-18,20,24-25,36,40H,13-16,19H2. The topological polar surface area (TPSA) is 76.1 Å². The fourth-order valence-electron chi connectivity index (χ4n) is 5.80. The van der Waals surface area contributed by atoms with Gasteiger partial charge >= 0.3 is 6.36 Å². The van der Waals surface area contributed by atoms with Crippen LogP contribution in [-0.2, 0) is 6.54 Å². The summed E-state index contributed by atoms with van der Waals surface area (Å²) in [5.74, 6) is -0.280. The van der Waals surface area contributed by atoms with Crippen LogP contribution in [0.5, 0.6) is 5.75 Å². The molecule has 3 aromatic carbocycles. The third-order valence-electron chi connectivity index (χ3n) is 7.70. The number of halogens is 3. The Morgan fingerprint density at radius 3 is 2.07 bits per heavy atom. The molecule has 0 atom stereocenters. The lowest BCUT2D eigenvalue weighted by molar-refractivity contribution is -0.274. The largest absolute Gasteiger partial charge is 0.573 e. The third kappa shape index (κ3) is 5.50. The van der Waals surface area contributed by atoms with Crippen LogP contribution in [0.3, 0.4) is 0 Å². The average molecular weight is 559 g/mol. The first-order chi connectivity index (χ1) is 19.8.